The molecule has 6 aromatic rings. The minimum absolute atomic E-state index is 0.102. The summed E-state index contributed by atoms with van der Waals surface area (Å²) in [6.07, 6.45) is 0. The van der Waals surface area contributed by atoms with Crippen molar-refractivity contribution in [3.8, 4) is 44.9 Å². The molecule has 2 N–H and O–H groups in total. The zero-order valence-corrected chi connectivity index (χ0v) is 20.6. The van der Waals surface area contributed by atoms with Gasteiger partial charge < -0.3 is 10.2 Å². The van der Waals surface area contributed by atoms with Gasteiger partial charge in [-0.25, -0.2) is 0 Å². The summed E-state index contributed by atoms with van der Waals surface area (Å²) in [6.45, 7) is 0. The van der Waals surface area contributed by atoms with Gasteiger partial charge in [0.2, 0.25) is 0 Å². The lowest BCUT2D eigenvalue weighted by atomic mass is 9.86. The lowest BCUT2D eigenvalue weighted by Gasteiger charge is -2.19. The van der Waals surface area contributed by atoms with Crippen molar-refractivity contribution in [2.75, 3.05) is 0 Å². The van der Waals surface area contributed by atoms with E-state index in [1.54, 1.807) is 24.3 Å². The highest BCUT2D eigenvalue weighted by Gasteiger charge is 2.23. The standard InChI is InChI=1S/C32H20Cl2O2/c33-23-13-9-19(10-14-23)27-17-21-5-1-3-7-25(21)29(31(27)35)30-26-8-4-2-6-22(26)18-28(32(30)36)20-11-15-24(34)16-12-20/h1-18,35-36H. The van der Waals surface area contributed by atoms with Gasteiger partial charge in [0.05, 0.1) is 0 Å². The summed E-state index contributed by atoms with van der Waals surface area (Å²) in [5.74, 6) is 0.203. The molecule has 0 saturated carbocycles. The Labute approximate surface area is 218 Å². The van der Waals surface area contributed by atoms with E-state index in [0.717, 1.165) is 32.7 Å². The Kier molecular flexibility index (Phi) is 5.56. The van der Waals surface area contributed by atoms with Gasteiger partial charge in [0, 0.05) is 32.3 Å². The van der Waals surface area contributed by atoms with E-state index in [9.17, 15) is 10.2 Å². The minimum Gasteiger partial charge on any atom is -0.507 e. The van der Waals surface area contributed by atoms with Gasteiger partial charge in [-0.1, -0.05) is 96.0 Å². The van der Waals surface area contributed by atoms with Gasteiger partial charge in [-0.2, -0.15) is 0 Å². The average molecular weight is 507 g/mol. The Morgan fingerprint density at radius 1 is 0.444 bits per heavy atom. The van der Waals surface area contributed by atoms with Gasteiger partial charge in [0.15, 0.2) is 0 Å². The molecule has 0 aliphatic carbocycles. The number of fused-ring (bicyclic) bond motifs is 2. The summed E-state index contributed by atoms with van der Waals surface area (Å²) in [4.78, 5) is 0. The molecule has 0 unspecified atom stereocenters. The molecule has 0 aromatic heterocycles. The SMILES string of the molecule is Oc1c(-c2ccc(Cl)cc2)cc2ccccc2c1-c1c(O)c(-c2ccc(Cl)cc2)cc2ccccc12. The molecule has 6 rings (SSSR count). The molecule has 0 spiro atoms. The summed E-state index contributed by atoms with van der Waals surface area (Å²) in [5, 5.41) is 28.4. The molecule has 36 heavy (non-hydrogen) atoms. The fourth-order valence-electron chi connectivity index (χ4n) is 4.88. The Balaban J connectivity index is 1.75. The summed E-state index contributed by atoms with van der Waals surface area (Å²) in [5.41, 5.74) is 4.18. The van der Waals surface area contributed by atoms with Gasteiger partial charge >= 0.3 is 0 Å². The number of phenolic OH excluding ortho intramolecular Hbond substituents is 2. The lowest BCUT2D eigenvalue weighted by molar-refractivity contribution is 0.472. The first-order chi connectivity index (χ1) is 17.5. The van der Waals surface area contributed by atoms with E-state index in [2.05, 4.69) is 0 Å². The van der Waals surface area contributed by atoms with Gasteiger partial charge in [-0.05, 0) is 69.1 Å². The highest BCUT2D eigenvalue weighted by Crippen LogP contribution is 2.51. The fourth-order valence-corrected chi connectivity index (χ4v) is 5.13. The summed E-state index contributed by atoms with van der Waals surface area (Å²) in [7, 11) is 0. The number of phenols is 2. The second kappa shape index (κ2) is 8.91. The Morgan fingerprint density at radius 2 is 0.806 bits per heavy atom. The Morgan fingerprint density at radius 3 is 1.19 bits per heavy atom. The van der Waals surface area contributed by atoms with Crippen molar-refractivity contribution in [2.45, 2.75) is 0 Å². The molecule has 0 atom stereocenters. The second-order valence-electron chi connectivity index (χ2n) is 8.75. The molecule has 0 amide bonds. The molecule has 0 bridgehead atoms. The van der Waals surface area contributed by atoms with Crippen molar-refractivity contribution in [1.82, 2.24) is 0 Å². The molecule has 2 nitrogen and oxygen atoms in total. The third-order valence-electron chi connectivity index (χ3n) is 6.60. The number of rotatable bonds is 3. The zero-order chi connectivity index (χ0) is 24.8. The van der Waals surface area contributed by atoms with E-state index in [-0.39, 0.29) is 11.5 Å². The smallest absolute Gasteiger partial charge is 0.132 e. The molecular formula is C32H20Cl2O2. The lowest BCUT2D eigenvalue weighted by Crippen LogP contribution is -1.92. The van der Waals surface area contributed by atoms with Crippen LogP contribution in [0, 0.1) is 0 Å². The molecular weight excluding hydrogens is 487 g/mol. The first kappa shape index (κ1) is 22.5. The van der Waals surface area contributed by atoms with Crippen LogP contribution in [0.4, 0.5) is 0 Å². The van der Waals surface area contributed by atoms with Crippen molar-refractivity contribution >= 4 is 44.7 Å². The number of benzene rings is 6. The monoisotopic (exact) mass is 506 g/mol. The van der Waals surface area contributed by atoms with Crippen LogP contribution in [0.3, 0.4) is 0 Å². The maximum atomic E-state index is 11.8. The average Bonchev–Trinajstić information content (AvgIpc) is 2.90. The van der Waals surface area contributed by atoms with Gasteiger partial charge in [0.1, 0.15) is 11.5 Å². The molecule has 0 aliphatic heterocycles. The van der Waals surface area contributed by atoms with Crippen molar-refractivity contribution in [2.24, 2.45) is 0 Å². The van der Waals surface area contributed by atoms with E-state index in [0.29, 0.717) is 32.3 Å². The summed E-state index contributed by atoms with van der Waals surface area (Å²) in [6, 6.07) is 34.5. The zero-order valence-electron chi connectivity index (χ0n) is 19.0. The van der Waals surface area contributed by atoms with Gasteiger partial charge in [-0.15, -0.1) is 0 Å². The van der Waals surface area contributed by atoms with Crippen LogP contribution in [0.15, 0.2) is 109 Å². The molecule has 0 aliphatic rings. The van der Waals surface area contributed by atoms with E-state index in [1.807, 2.05) is 84.9 Å². The van der Waals surface area contributed by atoms with E-state index < -0.39 is 0 Å². The Bertz CT molecular complexity index is 1620. The normalized spacial score (nSPS) is 11.3. The fraction of sp³-hybridized carbons (Fsp3) is 0. The number of hydrogen-bond acceptors (Lipinski definition) is 2. The highest BCUT2D eigenvalue weighted by atomic mass is 35.5. The van der Waals surface area contributed by atoms with Crippen LogP contribution >= 0.6 is 23.2 Å². The molecule has 4 heteroatoms. The van der Waals surface area contributed by atoms with E-state index in [4.69, 9.17) is 23.2 Å². The van der Waals surface area contributed by atoms with Crippen molar-refractivity contribution in [1.29, 1.82) is 0 Å². The maximum Gasteiger partial charge on any atom is 0.132 e. The van der Waals surface area contributed by atoms with Crippen LogP contribution in [0.5, 0.6) is 11.5 Å². The third-order valence-corrected chi connectivity index (χ3v) is 7.11. The van der Waals surface area contributed by atoms with Crippen LogP contribution in [-0.2, 0) is 0 Å². The van der Waals surface area contributed by atoms with Crippen LogP contribution in [0.1, 0.15) is 0 Å². The van der Waals surface area contributed by atoms with Crippen LogP contribution in [0.25, 0.3) is 54.9 Å². The van der Waals surface area contributed by atoms with Crippen LogP contribution < -0.4 is 0 Å². The van der Waals surface area contributed by atoms with Crippen LogP contribution in [0.2, 0.25) is 10.0 Å². The highest BCUT2D eigenvalue weighted by molar-refractivity contribution is 6.31. The Hall–Kier alpha value is -3.98. The summed E-state index contributed by atoms with van der Waals surface area (Å²) < 4.78 is 0. The van der Waals surface area contributed by atoms with Gasteiger partial charge in [0.25, 0.3) is 0 Å². The number of hydrogen-bond donors (Lipinski definition) is 2. The van der Waals surface area contributed by atoms with Crippen molar-refractivity contribution < 1.29 is 10.2 Å². The number of halogens is 2. The topological polar surface area (TPSA) is 40.5 Å². The van der Waals surface area contributed by atoms with E-state index in [1.165, 1.54) is 0 Å². The number of aromatic hydroxyl groups is 2. The quantitative estimate of drug-likeness (QED) is 0.250. The predicted molar refractivity (Wildman–Crippen MR) is 151 cm³/mol. The largest absolute Gasteiger partial charge is 0.507 e. The molecule has 0 radical (unpaired) electrons. The molecule has 174 valence electrons. The van der Waals surface area contributed by atoms with E-state index >= 15 is 0 Å². The first-order valence-electron chi connectivity index (χ1n) is 11.5. The molecule has 0 fully saturated rings. The molecule has 0 saturated heterocycles. The molecule has 0 heterocycles. The first-order valence-corrected chi connectivity index (χ1v) is 12.3. The van der Waals surface area contributed by atoms with Crippen LogP contribution in [-0.4, -0.2) is 10.2 Å². The molecule has 6 aromatic carbocycles. The summed E-state index contributed by atoms with van der Waals surface area (Å²) >= 11 is 12.3. The third kappa shape index (κ3) is 3.76. The minimum atomic E-state index is 0.102. The predicted octanol–water partition coefficient (Wildman–Crippen LogP) is 9.71. The van der Waals surface area contributed by atoms with Crippen molar-refractivity contribution in [3.63, 3.8) is 0 Å². The maximum absolute atomic E-state index is 11.8. The van der Waals surface area contributed by atoms with Crippen molar-refractivity contribution in [3.05, 3.63) is 119 Å². The van der Waals surface area contributed by atoms with Gasteiger partial charge in [-0.3, -0.25) is 0 Å². The second-order valence-corrected chi connectivity index (χ2v) is 9.62.